The average Bonchev–Trinajstić information content (AvgIpc) is 2.48. The zero-order valence-corrected chi connectivity index (χ0v) is 7.92. The molecule has 2 rings (SSSR count). The first kappa shape index (κ1) is 9.05. The second kappa shape index (κ2) is 3.69. The van der Waals surface area contributed by atoms with Gasteiger partial charge in [0.1, 0.15) is 5.69 Å². The highest BCUT2D eigenvalue weighted by Gasteiger charge is 2.19. The minimum Gasteiger partial charge on any atom is -0.396 e. The molecule has 5 nitrogen and oxygen atoms in total. The number of nitrogens with two attached hydrogens (primary N) is 1. The predicted octanol–water partition coefficient (Wildman–Crippen LogP) is 0.522. The first-order valence-electron chi connectivity index (χ1n) is 4.84. The van der Waals surface area contributed by atoms with E-state index in [4.69, 9.17) is 5.73 Å². The maximum atomic E-state index is 11.5. The van der Waals surface area contributed by atoms with Crippen molar-refractivity contribution >= 4 is 11.6 Å². The zero-order valence-electron chi connectivity index (χ0n) is 7.92. The summed E-state index contributed by atoms with van der Waals surface area (Å²) in [5.41, 5.74) is 6.30. The second-order valence-corrected chi connectivity index (χ2v) is 3.71. The molecule has 0 unspecified atom stereocenters. The third kappa shape index (κ3) is 1.71. The maximum absolute atomic E-state index is 11.5. The second-order valence-electron chi connectivity index (χ2n) is 3.71. The standard InChI is InChI=1S/C9H14N4O/c10-7-5-12-13-8(7)9(14)11-4-6-2-1-3-6/h5-6H,1-4,10H2,(H,11,14)(H,12,13). The molecule has 14 heavy (non-hydrogen) atoms. The van der Waals surface area contributed by atoms with Gasteiger partial charge in [-0.3, -0.25) is 9.89 Å². The number of hydrogen-bond acceptors (Lipinski definition) is 3. The molecular weight excluding hydrogens is 180 g/mol. The smallest absolute Gasteiger partial charge is 0.271 e. The number of anilines is 1. The molecule has 0 bridgehead atoms. The van der Waals surface area contributed by atoms with Gasteiger partial charge in [0.2, 0.25) is 0 Å². The van der Waals surface area contributed by atoms with Crippen LogP contribution in [0.4, 0.5) is 5.69 Å². The van der Waals surface area contributed by atoms with Crippen molar-refractivity contribution in [2.24, 2.45) is 5.92 Å². The van der Waals surface area contributed by atoms with Crippen molar-refractivity contribution in [1.82, 2.24) is 15.5 Å². The molecular formula is C9H14N4O. The first-order chi connectivity index (χ1) is 6.77. The van der Waals surface area contributed by atoms with E-state index < -0.39 is 0 Å². The fraction of sp³-hybridized carbons (Fsp3) is 0.556. The van der Waals surface area contributed by atoms with Gasteiger partial charge in [0.05, 0.1) is 11.9 Å². The lowest BCUT2D eigenvalue weighted by atomic mass is 9.85. The van der Waals surface area contributed by atoms with Crippen LogP contribution in [0.5, 0.6) is 0 Å². The van der Waals surface area contributed by atoms with Gasteiger partial charge in [-0.2, -0.15) is 5.10 Å². The fourth-order valence-electron chi connectivity index (χ4n) is 1.50. The van der Waals surface area contributed by atoms with E-state index >= 15 is 0 Å². The van der Waals surface area contributed by atoms with E-state index in [-0.39, 0.29) is 5.91 Å². The van der Waals surface area contributed by atoms with Crippen molar-refractivity contribution < 1.29 is 4.79 Å². The lowest BCUT2D eigenvalue weighted by Crippen LogP contribution is -2.32. The lowest BCUT2D eigenvalue weighted by Gasteiger charge is -2.25. The number of nitrogens with one attached hydrogen (secondary N) is 2. The van der Waals surface area contributed by atoms with Crippen LogP contribution in [-0.4, -0.2) is 22.6 Å². The highest BCUT2D eigenvalue weighted by molar-refractivity contribution is 5.96. The highest BCUT2D eigenvalue weighted by Crippen LogP contribution is 2.25. The van der Waals surface area contributed by atoms with Crippen molar-refractivity contribution in [3.8, 4) is 0 Å². The minimum absolute atomic E-state index is 0.160. The number of carbonyl (C=O) groups excluding carboxylic acids is 1. The van der Waals surface area contributed by atoms with E-state index in [0.29, 0.717) is 17.3 Å². The molecule has 1 fully saturated rings. The molecule has 1 aromatic heterocycles. The monoisotopic (exact) mass is 194 g/mol. The third-order valence-corrected chi connectivity index (χ3v) is 2.67. The quantitative estimate of drug-likeness (QED) is 0.656. The van der Waals surface area contributed by atoms with Crippen LogP contribution in [0, 0.1) is 5.92 Å². The molecule has 1 heterocycles. The van der Waals surface area contributed by atoms with Crippen LogP contribution in [0.2, 0.25) is 0 Å². The number of H-pyrrole nitrogens is 1. The van der Waals surface area contributed by atoms with Crippen LogP contribution in [-0.2, 0) is 0 Å². The number of nitrogen functional groups attached to an aromatic ring is 1. The van der Waals surface area contributed by atoms with Gasteiger partial charge >= 0.3 is 0 Å². The molecule has 1 aromatic rings. The molecule has 76 valence electrons. The summed E-state index contributed by atoms with van der Waals surface area (Å²) in [6.45, 7) is 0.747. The van der Waals surface area contributed by atoms with Crippen molar-refractivity contribution in [3.05, 3.63) is 11.9 Å². The Morgan fingerprint density at radius 2 is 2.50 bits per heavy atom. The number of amides is 1. The SMILES string of the molecule is Nc1cn[nH]c1C(=O)NCC1CCC1. The first-order valence-corrected chi connectivity index (χ1v) is 4.84. The Labute approximate surface area is 82.1 Å². The van der Waals surface area contributed by atoms with E-state index in [9.17, 15) is 4.79 Å². The molecule has 0 aromatic carbocycles. The van der Waals surface area contributed by atoms with Gasteiger partial charge in [0, 0.05) is 6.54 Å². The molecule has 0 radical (unpaired) electrons. The molecule has 0 saturated heterocycles. The van der Waals surface area contributed by atoms with Crippen LogP contribution < -0.4 is 11.1 Å². The van der Waals surface area contributed by atoms with Crippen molar-refractivity contribution in [2.75, 3.05) is 12.3 Å². The van der Waals surface area contributed by atoms with Gasteiger partial charge in [0.15, 0.2) is 0 Å². The number of nitrogens with zero attached hydrogens (tertiary/aromatic N) is 1. The molecule has 4 N–H and O–H groups in total. The van der Waals surface area contributed by atoms with Crippen molar-refractivity contribution in [1.29, 1.82) is 0 Å². The van der Waals surface area contributed by atoms with E-state index in [2.05, 4.69) is 15.5 Å². The number of aromatic nitrogens is 2. The van der Waals surface area contributed by atoms with Gasteiger partial charge in [-0.05, 0) is 18.8 Å². The summed E-state index contributed by atoms with van der Waals surface area (Å²) in [5.74, 6) is 0.495. The topological polar surface area (TPSA) is 83.8 Å². The van der Waals surface area contributed by atoms with Gasteiger partial charge in [-0.25, -0.2) is 0 Å². The summed E-state index contributed by atoms with van der Waals surface area (Å²) in [4.78, 5) is 11.5. The van der Waals surface area contributed by atoms with Gasteiger partial charge in [0.25, 0.3) is 5.91 Å². The summed E-state index contributed by atoms with van der Waals surface area (Å²) in [6.07, 6.45) is 5.17. The number of rotatable bonds is 3. The molecule has 1 aliphatic carbocycles. The van der Waals surface area contributed by atoms with Crippen molar-refractivity contribution in [3.63, 3.8) is 0 Å². The summed E-state index contributed by atoms with van der Waals surface area (Å²) in [7, 11) is 0. The minimum atomic E-state index is -0.160. The Morgan fingerprint density at radius 3 is 3.00 bits per heavy atom. The number of carbonyl (C=O) groups is 1. The molecule has 1 aliphatic rings. The fourth-order valence-corrected chi connectivity index (χ4v) is 1.50. The van der Waals surface area contributed by atoms with Crippen LogP contribution in [0.25, 0.3) is 0 Å². The van der Waals surface area contributed by atoms with E-state index in [1.165, 1.54) is 25.5 Å². The maximum Gasteiger partial charge on any atom is 0.271 e. The van der Waals surface area contributed by atoms with Gasteiger partial charge in [-0.15, -0.1) is 0 Å². The molecule has 0 spiro atoms. The van der Waals surface area contributed by atoms with E-state index in [1.54, 1.807) is 0 Å². The van der Waals surface area contributed by atoms with E-state index in [1.807, 2.05) is 0 Å². The summed E-state index contributed by atoms with van der Waals surface area (Å²) >= 11 is 0. The third-order valence-electron chi connectivity index (χ3n) is 2.67. The Balaban J connectivity index is 1.86. The Hall–Kier alpha value is -1.52. The van der Waals surface area contributed by atoms with Crippen LogP contribution in [0.3, 0.4) is 0 Å². The average molecular weight is 194 g/mol. The van der Waals surface area contributed by atoms with Gasteiger partial charge in [-0.1, -0.05) is 6.42 Å². The molecule has 1 saturated carbocycles. The lowest BCUT2D eigenvalue weighted by molar-refractivity contribution is 0.0935. The van der Waals surface area contributed by atoms with Crippen molar-refractivity contribution in [2.45, 2.75) is 19.3 Å². The predicted molar refractivity (Wildman–Crippen MR) is 52.7 cm³/mol. The Bertz CT molecular complexity index is 329. The number of hydrogen-bond donors (Lipinski definition) is 3. The van der Waals surface area contributed by atoms with Gasteiger partial charge < -0.3 is 11.1 Å². The Morgan fingerprint density at radius 1 is 1.71 bits per heavy atom. The zero-order chi connectivity index (χ0) is 9.97. The van der Waals surface area contributed by atoms with Crippen LogP contribution in [0.1, 0.15) is 29.8 Å². The van der Waals surface area contributed by atoms with Crippen LogP contribution in [0.15, 0.2) is 6.20 Å². The largest absolute Gasteiger partial charge is 0.396 e. The van der Waals surface area contributed by atoms with Crippen LogP contribution >= 0.6 is 0 Å². The highest BCUT2D eigenvalue weighted by atomic mass is 16.1. The molecule has 0 atom stereocenters. The Kier molecular flexibility index (Phi) is 2.39. The molecule has 5 heteroatoms. The summed E-state index contributed by atoms with van der Waals surface area (Å²) < 4.78 is 0. The summed E-state index contributed by atoms with van der Waals surface area (Å²) in [5, 5.41) is 9.11. The van der Waals surface area contributed by atoms with E-state index in [0.717, 1.165) is 6.54 Å². The number of aromatic amines is 1. The molecule has 0 aliphatic heterocycles. The normalized spacial score (nSPS) is 16.3. The molecule has 1 amide bonds. The summed E-state index contributed by atoms with van der Waals surface area (Å²) in [6, 6.07) is 0.